The van der Waals surface area contributed by atoms with Crippen molar-refractivity contribution >= 4 is 29.1 Å². The van der Waals surface area contributed by atoms with Crippen LogP contribution >= 0.6 is 11.3 Å². The van der Waals surface area contributed by atoms with Crippen LogP contribution in [0.15, 0.2) is 35.7 Å². The van der Waals surface area contributed by atoms with Crippen molar-refractivity contribution in [2.24, 2.45) is 0 Å². The Morgan fingerprint density at radius 3 is 2.92 bits per heavy atom. The summed E-state index contributed by atoms with van der Waals surface area (Å²) in [4.78, 5) is 40.5. The van der Waals surface area contributed by atoms with E-state index in [2.05, 4.69) is 5.32 Å². The minimum absolute atomic E-state index is 0.299. The second kappa shape index (κ2) is 6.25. The molecule has 1 aliphatic carbocycles. The van der Waals surface area contributed by atoms with Crippen LogP contribution in [0.5, 0.6) is 5.75 Å². The fraction of sp³-hybridized carbons (Fsp3) is 0.316. The van der Waals surface area contributed by atoms with E-state index in [9.17, 15) is 14.4 Å². The first-order valence-corrected chi connectivity index (χ1v) is 9.32. The number of thiophene rings is 1. The number of ether oxygens (including phenoxy) is 1. The molecule has 0 saturated carbocycles. The molecular weight excluding hydrogens is 352 g/mol. The lowest BCUT2D eigenvalue weighted by molar-refractivity contribution is -0.131. The van der Waals surface area contributed by atoms with Crippen LogP contribution in [0.25, 0.3) is 0 Å². The van der Waals surface area contributed by atoms with Crippen molar-refractivity contribution < 1.29 is 19.1 Å². The van der Waals surface area contributed by atoms with Gasteiger partial charge in [-0.15, -0.1) is 11.3 Å². The zero-order valence-corrected chi connectivity index (χ0v) is 15.1. The van der Waals surface area contributed by atoms with E-state index >= 15 is 0 Å². The number of imide groups is 1. The van der Waals surface area contributed by atoms with Crippen LogP contribution in [0.2, 0.25) is 0 Å². The monoisotopic (exact) mass is 370 g/mol. The van der Waals surface area contributed by atoms with Crippen molar-refractivity contribution in [3.63, 3.8) is 0 Å². The lowest BCUT2D eigenvalue weighted by Gasteiger charge is -2.31. The van der Waals surface area contributed by atoms with Gasteiger partial charge >= 0.3 is 6.03 Å². The molecule has 6 nitrogen and oxygen atoms in total. The fourth-order valence-electron chi connectivity index (χ4n) is 3.79. The summed E-state index contributed by atoms with van der Waals surface area (Å²) < 4.78 is 5.21. The third-order valence-corrected chi connectivity index (χ3v) is 6.03. The summed E-state index contributed by atoms with van der Waals surface area (Å²) in [5.41, 5.74) is 0.210. The number of fused-ring (bicyclic) bond motifs is 2. The van der Waals surface area contributed by atoms with Crippen molar-refractivity contribution in [1.82, 2.24) is 10.2 Å². The van der Waals surface area contributed by atoms with Crippen LogP contribution in [0.3, 0.4) is 0 Å². The lowest BCUT2D eigenvalue weighted by Crippen LogP contribution is -2.46. The number of carbonyl (C=O) groups is 3. The maximum atomic E-state index is 13.1. The normalized spacial score (nSPS) is 21.7. The maximum Gasteiger partial charge on any atom is 0.325 e. The Labute approximate surface area is 154 Å². The first-order chi connectivity index (χ1) is 12.6. The number of hydrogen-bond acceptors (Lipinski definition) is 5. The van der Waals surface area contributed by atoms with E-state index in [1.807, 2.05) is 11.4 Å². The van der Waals surface area contributed by atoms with Crippen LogP contribution in [0.4, 0.5) is 4.79 Å². The maximum absolute atomic E-state index is 13.1. The summed E-state index contributed by atoms with van der Waals surface area (Å²) in [6, 6.07) is 8.19. The summed E-state index contributed by atoms with van der Waals surface area (Å²) in [5.74, 6) is -0.244. The van der Waals surface area contributed by atoms with Gasteiger partial charge in [-0.05, 0) is 42.8 Å². The van der Waals surface area contributed by atoms with Gasteiger partial charge in [0.1, 0.15) is 11.3 Å². The highest BCUT2D eigenvalue weighted by Gasteiger charge is 2.54. The number of nitrogens with one attached hydrogen (secondary N) is 1. The summed E-state index contributed by atoms with van der Waals surface area (Å²) in [5, 5.41) is 4.80. The first kappa shape index (κ1) is 16.8. The van der Waals surface area contributed by atoms with E-state index in [1.165, 1.54) is 7.11 Å². The molecular formula is C19H18N2O4S. The first-order valence-electron chi connectivity index (χ1n) is 8.44. The van der Waals surface area contributed by atoms with Gasteiger partial charge in [0, 0.05) is 10.4 Å². The van der Waals surface area contributed by atoms with Gasteiger partial charge in [-0.25, -0.2) is 4.79 Å². The van der Waals surface area contributed by atoms with E-state index < -0.39 is 11.6 Å². The molecule has 1 saturated heterocycles. The van der Waals surface area contributed by atoms with Crippen molar-refractivity contribution in [3.05, 3.63) is 51.7 Å². The van der Waals surface area contributed by atoms with Crippen LogP contribution < -0.4 is 10.1 Å². The molecule has 0 radical (unpaired) electrons. The molecule has 2 aliphatic rings. The minimum Gasteiger partial charge on any atom is -0.496 e. The molecule has 1 spiro atoms. The number of carbonyl (C=O) groups excluding carboxylic acids is 3. The summed E-state index contributed by atoms with van der Waals surface area (Å²) in [6.07, 6.45) is 2.30. The van der Waals surface area contributed by atoms with Gasteiger partial charge in [-0.2, -0.15) is 0 Å². The quantitative estimate of drug-likeness (QED) is 0.663. The van der Waals surface area contributed by atoms with Gasteiger partial charge in [0.25, 0.3) is 5.91 Å². The molecule has 3 amide bonds. The number of amides is 3. The highest BCUT2D eigenvalue weighted by atomic mass is 32.1. The molecule has 1 fully saturated rings. The molecule has 1 aromatic heterocycles. The summed E-state index contributed by atoms with van der Waals surface area (Å²) in [7, 11) is 1.48. The topological polar surface area (TPSA) is 75.7 Å². The van der Waals surface area contributed by atoms with Crippen LogP contribution in [-0.4, -0.2) is 36.3 Å². The van der Waals surface area contributed by atoms with Crippen molar-refractivity contribution in [3.8, 4) is 5.75 Å². The molecule has 2 aromatic rings. The molecule has 1 atom stereocenters. The van der Waals surface area contributed by atoms with Gasteiger partial charge < -0.3 is 10.1 Å². The largest absolute Gasteiger partial charge is 0.496 e. The molecule has 7 heteroatoms. The molecule has 4 rings (SSSR count). The Balaban J connectivity index is 1.63. The van der Waals surface area contributed by atoms with E-state index in [0.717, 1.165) is 28.2 Å². The highest BCUT2D eigenvalue weighted by Crippen LogP contribution is 2.42. The molecule has 1 unspecified atom stereocenters. The molecule has 26 heavy (non-hydrogen) atoms. The van der Waals surface area contributed by atoms with Crippen LogP contribution in [0, 0.1) is 0 Å². The smallest absolute Gasteiger partial charge is 0.325 e. The SMILES string of the molecule is COc1ccccc1C(=O)CN1C(=O)NC2(CCCc3sccc32)C1=O. The number of benzene rings is 1. The minimum atomic E-state index is -1.02. The Bertz CT molecular complexity index is 906. The van der Waals surface area contributed by atoms with E-state index in [0.29, 0.717) is 17.7 Å². The number of Topliss-reactive ketones (excluding diaryl/α,β-unsaturated/α-hetero) is 1. The van der Waals surface area contributed by atoms with Gasteiger partial charge in [0.2, 0.25) is 0 Å². The predicted molar refractivity (Wildman–Crippen MR) is 96.5 cm³/mol. The van der Waals surface area contributed by atoms with E-state index in [-0.39, 0.29) is 18.2 Å². The average molecular weight is 370 g/mol. The number of nitrogens with zero attached hydrogens (tertiary/aromatic N) is 1. The Hall–Kier alpha value is -2.67. The van der Waals surface area contributed by atoms with Crippen molar-refractivity contribution in [1.29, 1.82) is 0 Å². The number of urea groups is 1. The van der Waals surface area contributed by atoms with Gasteiger partial charge in [-0.3, -0.25) is 14.5 Å². The second-order valence-corrected chi connectivity index (χ2v) is 7.46. The fourth-order valence-corrected chi connectivity index (χ4v) is 4.79. The standard InChI is InChI=1S/C19H18N2O4S/c1-25-15-6-3-2-5-12(15)14(22)11-21-17(23)19(20-18(21)24)9-4-7-16-13(19)8-10-26-16/h2-3,5-6,8,10H,4,7,9,11H2,1H3,(H,20,24). The number of para-hydroxylation sites is 1. The van der Waals surface area contributed by atoms with Gasteiger partial charge in [0.05, 0.1) is 19.2 Å². The molecule has 134 valence electrons. The highest BCUT2D eigenvalue weighted by molar-refractivity contribution is 7.10. The second-order valence-electron chi connectivity index (χ2n) is 6.46. The average Bonchev–Trinajstić information content (AvgIpc) is 3.22. The summed E-state index contributed by atoms with van der Waals surface area (Å²) >= 11 is 1.60. The molecule has 2 heterocycles. The van der Waals surface area contributed by atoms with E-state index in [4.69, 9.17) is 4.74 Å². The number of ketones is 1. The number of rotatable bonds is 4. The van der Waals surface area contributed by atoms with Crippen LogP contribution in [0.1, 0.15) is 33.6 Å². The molecule has 0 bridgehead atoms. The van der Waals surface area contributed by atoms with Gasteiger partial charge in [-0.1, -0.05) is 12.1 Å². The number of aryl methyl sites for hydroxylation is 1. The zero-order chi connectivity index (χ0) is 18.3. The Morgan fingerprint density at radius 2 is 2.12 bits per heavy atom. The predicted octanol–water partition coefficient (Wildman–Crippen LogP) is 2.72. The summed E-state index contributed by atoms with van der Waals surface area (Å²) in [6.45, 7) is -0.299. The molecule has 1 aromatic carbocycles. The third kappa shape index (κ3) is 2.42. The van der Waals surface area contributed by atoms with Crippen LogP contribution in [-0.2, 0) is 16.8 Å². The third-order valence-electron chi connectivity index (χ3n) is 5.05. The Kier molecular flexibility index (Phi) is 4.03. The van der Waals surface area contributed by atoms with Gasteiger partial charge in [0.15, 0.2) is 5.78 Å². The Morgan fingerprint density at radius 1 is 1.31 bits per heavy atom. The lowest BCUT2D eigenvalue weighted by atomic mass is 9.80. The van der Waals surface area contributed by atoms with Crippen molar-refractivity contribution in [2.45, 2.75) is 24.8 Å². The number of methoxy groups -OCH3 is 1. The molecule has 1 aliphatic heterocycles. The van der Waals surface area contributed by atoms with Crippen molar-refractivity contribution in [2.75, 3.05) is 13.7 Å². The van der Waals surface area contributed by atoms with E-state index in [1.54, 1.807) is 35.6 Å². The number of hydrogen-bond donors (Lipinski definition) is 1. The molecule has 1 N–H and O–H groups in total. The zero-order valence-electron chi connectivity index (χ0n) is 14.3.